The number of hydrogen-bond acceptors (Lipinski definition) is 3. The molecule has 1 atom stereocenters. The molecule has 2 nitrogen and oxygen atoms in total. The first-order valence-corrected chi connectivity index (χ1v) is 6.85. The maximum atomic E-state index is 12.1. The third-order valence-corrected chi connectivity index (χ3v) is 4.64. The zero-order valence-electron chi connectivity index (χ0n) is 9.72. The summed E-state index contributed by atoms with van der Waals surface area (Å²) in [5, 5.41) is 4.44. The van der Waals surface area contributed by atoms with Gasteiger partial charge in [-0.1, -0.05) is 0 Å². The first-order chi connectivity index (χ1) is 8.50. The SMILES string of the molecule is FC(F)(F)CNCC1OCC2(CC2)c2ccsc21. The fourth-order valence-corrected chi connectivity index (χ4v) is 3.55. The molecular formula is C12H14F3NOS. The molecular weight excluding hydrogens is 263 g/mol. The lowest BCUT2D eigenvalue weighted by Gasteiger charge is -2.29. The maximum absolute atomic E-state index is 12.1. The second kappa shape index (κ2) is 4.21. The van der Waals surface area contributed by atoms with Crippen molar-refractivity contribution in [3.8, 4) is 0 Å². The van der Waals surface area contributed by atoms with Crippen molar-refractivity contribution in [3.63, 3.8) is 0 Å². The Morgan fingerprint density at radius 1 is 1.44 bits per heavy atom. The summed E-state index contributed by atoms with van der Waals surface area (Å²) >= 11 is 1.59. The number of halogens is 3. The van der Waals surface area contributed by atoms with E-state index in [0.717, 1.165) is 17.7 Å². The average Bonchev–Trinajstić information content (AvgIpc) is 2.87. The zero-order valence-corrected chi connectivity index (χ0v) is 10.5. The minimum atomic E-state index is -4.16. The molecule has 1 unspecified atom stereocenters. The molecule has 1 aromatic rings. The second-order valence-corrected chi connectivity index (χ2v) is 5.97. The van der Waals surface area contributed by atoms with Crippen molar-refractivity contribution in [2.75, 3.05) is 19.7 Å². The molecule has 18 heavy (non-hydrogen) atoms. The Kier molecular flexibility index (Phi) is 2.91. The van der Waals surface area contributed by atoms with Crippen LogP contribution in [0.5, 0.6) is 0 Å². The topological polar surface area (TPSA) is 21.3 Å². The van der Waals surface area contributed by atoms with Crippen LogP contribution in [0.15, 0.2) is 11.4 Å². The van der Waals surface area contributed by atoms with Crippen molar-refractivity contribution >= 4 is 11.3 Å². The molecule has 2 heterocycles. The Labute approximate surface area is 107 Å². The monoisotopic (exact) mass is 277 g/mol. The van der Waals surface area contributed by atoms with E-state index in [0.29, 0.717) is 6.61 Å². The highest BCUT2D eigenvalue weighted by Crippen LogP contribution is 2.55. The highest BCUT2D eigenvalue weighted by molar-refractivity contribution is 7.10. The molecule has 0 bridgehead atoms. The van der Waals surface area contributed by atoms with Crippen LogP contribution in [0.25, 0.3) is 0 Å². The molecule has 3 rings (SSSR count). The smallest absolute Gasteiger partial charge is 0.370 e. The summed E-state index contributed by atoms with van der Waals surface area (Å²) in [6.45, 7) is -0.0864. The van der Waals surface area contributed by atoms with Crippen LogP contribution in [0, 0.1) is 0 Å². The minimum absolute atomic E-state index is 0.190. The van der Waals surface area contributed by atoms with E-state index >= 15 is 0 Å². The number of nitrogens with one attached hydrogen (secondary N) is 1. The molecule has 1 fully saturated rings. The lowest BCUT2D eigenvalue weighted by molar-refractivity contribution is -0.126. The van der Waals surface area contributed by atoms with Gasteiger partial charge in [0, 0.05) is 16.8 Å². The fraction of sp³-hybridized carbons (Fsp3) is 0.667. The highest BCUT2D eigenvalue weighted by atomic mass is 32.1. The summed E-state index contributed by atoms with van der Waals surface area (Å²) in [5.74, 6) is 0. The van der Waals surface area contributed by atoms with Crippen LogP contribution in [0.3, 0.4) is 0 Å². The van der Waals surface area contributed by atoms with Crippen molar-refractivity contribution in [3.05, 3.63) is 21.9 Å². The summed E-state index contributed by atoms with van der Waals surface area (Å²) in [4.78, 5) is 1.11. The summed E-state index contributed by atoms with van der Waals surface area (Å²) in [6.07, 6.45) is -2.11. The fourth-order valence-electron chi connectivity index (χ4n) is 2.48. The highest BCUT2D eigenvalue weighted by Gasteiger charge is 2.50. The summed E-state index contributed by atoms with van der Waals surface area (Å²) in [6, 6.07) is 2.10. The lowest BCUT2D eigenvalue weighted by atomic mass is 9.93. The van der Waals surface area contributed by atoms with E-state index in [1.165, 1.54) is 5.56 Å². The van der Waals surface area contributed by atoms with Crippen LogP contribution in [-0.4, -0.2) is 25.9 Å². The summed E-state index contributed by atoms with van der Waals surface area (Å²) < 4.78 is 42.0. The normalized spacial score (nSPS) is 25.2. The molecule has 0 amide bonds. The molecule has 0 saturated heterocycles. The van der Waals surface area contributed by atoms with Gasteiger partial charge in [-0.3, -0.25) is 0 Å². The Balaban J connectivity index is 1.65. The Morgan fingerprint density at radius 2 is 2.22 bits per heavy atom. The molecule has 100 valence electrons. The molecule has 0 aromatic carbocycles. The van der Waals surface area contributed by atoms with Gasteiger partial charge in [0.1, 0.15) is 6.10 Å². The molecule has 1 N–H and O–H groups in total. The molecule has 1 aromatic heterocycles. The van der Waals surface area contributed by atoms with Gasteiger partial charge in [-0.05, 0) is 29.9 Å². The van der Waals surface area contributed by atoms with Gasteiger partial charge in [0.15, 0.2) is 0 Å². The van der Waals surface area contributed by atoms with Crippen molar-refractivity contribution in [2.45, 2.75) is 30.5 Å². The van der Waals surface area contributed by atoms with Crippen LogP contribution in [0.1, 0.15) is 29.4 Å². The average molecular weight is 277 g/mol. The van der Waals surface area contributed by atoms with Gasteiger partial charge in [0.05, 0.1) is 13.2 Å². The van der Waals surface area contributed by atoms with E-state index in [4.69, 9.17) is 4.74 Å². The number of rotatable bonds is 3. The van der Waals surface area contributed by atoms with E-state index in [1.54, 1.807) is 11.3 Å². The van der Waals surface area contributed by atoms with Crippen LogP contribution in [0.4, 0.5) is 13.2 Å². The van der Waals surface area contributed by atoms with Crippen molar-refractivity contribution in [1.82, 2.24) is 5.32 Å². The molecule has 1 aliphatic carbocycles. The number of alkyl halides is 3. The first-order valence-electron chi connectivity index (χ1n) is 5.97. The molecule has 1 aliphatic heterocycles. The van der Waals surface area contributed by atoms with Crippen LogP contribution < -0.4 is 5.32 Å². The first kappa shape index (κ1) is 12.4. The van der Waals surface area contributed by atoms with E-state index in [2.05, 4.69) is 11.4 Å². The van der Waals surface area contributed by atoms with Crippen LogP contribution in [0.2, 0.25) is 0 Å². The van der Waals surface area contributed by atoms with E-state index in [-0.39, 0.29) is 18.1 Å². The Bertz CT molecular complexity index is 439. The minimum Gasteiger partial charge on any atom is -0.370 e. The van der Waals surface area contributed by atoms with Gasteiger partial charge in [-0.2, -0.15) is 13.2 Å². The quantitative estimate of drug-likeness (QED) is 0.917. The molecule has 1 spiro atoms. The van der Waals surface area contributed by atoms with Crippen LogP contribution in [-0.2, 0) is 10.2 Å². The van der Waals surface area contributed by atoms with Crippen molar-refractivity contribution in [2.24, 2.45) is 0 Å². The number of fused-ring (bicyclic) bond motifs is 2. The lowest BCUT2D eigenvalue weighted by Crippen LogP contribution is -2.35. The van der Waals surface area contributed by atoms with Gasteiger partial charge in [-0.15, -0.1) is 11.3 Å². The predicted molar refractivity (Wildman–Crippen MR) is 62.8 cm³/mol. The van der Waals surface area contributed by atoms with Gasteiger partial charge < -0.3 is 10.1 Å². The zero-order chi connectivity index (χ0) is 12.8. The van der Waals surface area contributed by atoms with Gasteiger partial charge >= 0.3 is 6.18 Å². The Hall–Kier alpha value is -0.590. The third kappa shape index (κ3) is 2.29. The molecule has 6 heteroatoms. The predicted octanol–water partition coefficient (Wildman–Crippen LogP) is 3.00. The van der Waals surface area contributed by atoms with Crippen molar-refractivity contribution < 1.29 is 17.9 Å². The van der Waals surface area contributed by atoms with Crippen molar-refractivity contribution in [1.29, 1.82) is 0 Å². The molecule has 1 saturated carbocycles. The molecule has 2 aliphatic rings. The number of thiophene rings is 1. The Morgan fingerprint density at radius 3 is 2.89 bits per heavy atom. The second-order valence-electron chi connectivity index (χ2n) is 5.02. The molecule has 0 radical (unpaired) electrons. The number of ether oxygens (including phenoxy) is 1. The number of hydrogen-bond donors (Lipinski definition) is 1. The van der Waals surface area contributed by atoms with Gasteiger partial charge in [0.25, 0.3) is 0 Å². The maximum Gasteiger partial charge on any atom is 0.401 e. The van der Waals surface area contributed by atoms with Gasteiger partial charge in [-0.25, -0.2) is 0 Å². The summed E-state index contributed by atoms with van der Waals surface area (Å²) in [5.41, 5.74) is 1.49. The third-order valence-electron chi connectivity index (χ3n) is 3.63. The van der Waals surface area contributed by atoms with E-state index in [1.807, 2.05) is 5.38 Å². The largest absolute Gasteiger partial charge is 0.401 e. The standard InChI is InChI=1S/C12H14F3NOS/c13-12(14,15)6-16-5-9-10-8(1-4-18-10)11(2-3-11)7-17-9/h1,4,9,16H,2-3,5-7H2. The van der Waals surface area contributed by atoms with Crippen LogP contribution >= 0.6 is 11.3 Å². The summed E-state index contributed by atoms with van der Waals surface area (Å²) in [7, 11) is 0. The van der Waals surface area contributed by atoms with E-state index < -0.39 is 12.7 Å². The van der Waals surface area contributed by atoms with E-state index in [9.17, 15) is 13.2 Å². The van der Waals surface area contributed by atoms with Gasteiger partial charge in [0.2, 0.25) is 0 Å².